The molecule has 0 unspecified atom stereocenters. The zero-order valence-corrected chi connectivity index (χ0v) is 13.3. The van der Waals surface area contributed by atoms with Crippen LogP contribution in [0.1, 0.15) is 24.2 Å². The Hall–Kier alpha value is -1.65. The lowest BCUT2D eigenvalue weighted by Crippen LogP contribution is -2.26. The zero-order valence-electron chi connectivity index (χ0n) is 13.3. The van der Waals surface area contributed by atoms with E-state index in [1.54, 1.807) is 0 Å². The summed E-state index contributed by atoms with van der Waals surface area (Å²) in [6.07, 6.45) is 7.68. The molecule has 3 aliphatic rings. The van der Waals surface area contributed by atoms with E-state index in [0.29, 0.717) is 12.2 Å². The van der Waals surface area contributed by atoms with Gasteiger partial charge >= 0.3 is 0 Å². The Morgan fingerprint density at radius 3 is 2.48 bits per heavy atom. The van der Waals surface area contributed by atoms with Gasteiger partial charge in [0.2, 0.25) is 0 Å². The van der Waals surface area contributed by atoms with Gasteiger partial charge in [-0.3, -0.25) is 4.90 Å². The largest absolute Gasteiger partial charge is 0.374 e. The Kier molecular flexibility index (Phi) is 3.27. The third-order valence-corrected chi connectivity index (χ3v) is 5.89. The molecule has 0 radical (unpaired) electrons. The minimum absolute atomic E-state index is 0.541. The molecule has 4 atom stereocenters. The summed E-state index contributed by atoms with van der Waals surface area (Å²) in [6, 6.07) is 10.6. The number of hydrogen-bond donors (Lipinski definition) is 0. The highest BCUT2D eigenvalue weighted by Crippen LogP contribution is 2.47. The van der Waals surface area contributed by atoms with Gasteiger partial charge in [0, 0.05) is 43.9 Å². The Balaban J connectivity index is 1.28. The van der Waals surface area contributed by atoms with Crippen LogP contribution in [0.3, 0.4) is 0 Å². The number of imidazole rings is 1. The van der Waals surface area contributed by atoms with E-state index in [0.717, 1.165) is 24.9 Å². The van der Waals surface area contributed by atoms with E-state index in [2.05, 4.69) is 51.0 Å². The highest BCUT2D eigenvalue weighted by molar-refractivity contribution is 5.16. The van der Waals surface area contributed by atoms with Gasteiger partial charge in [0.05, 0.1) is 18.8 Å². The minimum Gasteiger partial charge on any atom is -0.374 e. The van der Waals surface area contributed by atoms with Gasteiger partial charge in [-0.1, -0.05) is 30.3 Å². The monoisotopic (exact) mass is 309 g/mol. The third-order valence-electron chi connectivity index (χ3n) is 5.89. The molecule has 0 amide bonds. The van der Waals surface area contributed by atoms with Crippen LogP contribution in [0.4, 0.5) is 0 Å². The average molecular weight is 309 g/mol. The van der Waals surface area contributed by atoms with E-state index < -0.39 is 0 Å². The van der Waals surface area contributed by atoms with Gasteiger partial charge in [0.1, 0.15) is 5.82 Å². The number of benzene rings is 1. The van der Waals surface area contributed by atoms with Crippen molar-refractivity contribution >= 4 is 0 Å². The molecule has 0 saturated carbocycles. The minimum atomic E-state index is 0.541. The summed E-state index contributed by atoms with van der Waals surface area (Å²) in [6.45, 7) is 4.24. The number of ether oxygens (including phenoxy) is 1. The molecule has 1 aromatic heterocycles. The van der Waals surface area contributed by atoms with Crippen molar-refractivity contribution in [3.63, 3.8) is 0 Å². The summed E-state index contributed by atoms with van der Waals surface area (Å²) in [5.74, 6) is 2.72. The Morgan fingerprint density at radius 1 is 1.00 bits per heavy atom. The molecule has 2 bridgehead atoms. The first-order valence-corrected chi connectivity index (χ1v) is 8.78. The van der Waals surface area contributed by atoms with Crippen LogP contribution in [0, 0.1) is 11.8 Å². The lowest BCUT2D eigenvalue weighted by atomic mass is 9.82. The fourth-order valence-corrected chi connectivity index (χ4v) is 4.79. The van der Waals surface area contributed by atoms with Crippen molar-refractivity contribution < 1.29 is 4.74 Å². The second kappa shape index (κ2) is 5.46. The lowest BCUT2D eigenvalue weighted by molar-refractivity contribution is 0.0692. The fourth-order valence-electron chi connectivity index (χ4n) is 4.79. The fraction of sp³-hybridized carbons (Fsp3) is 0.526. The van der Waals surface area contributed by atoms with Gasteiger partial charge in [-0.25, -0.2) is 4.98 Å². The summed E-state index contributed by atoms with van der Waals surface area (Å²) >= 11 is 0. The highest BCUT2D eigenvalue weighted by atomic mass is 16.5. The van der Waals surface area contributed by atoms with Crippen LogP contribution in [-0.4, -0.2) is 39.7 Å². The van der Waals surface area contributed by atoms with Gasteiger partial charge in [-0.2, -0.15) is 0 Å². The third kappa shape index (κ3) is 2.41. The maximum atomic E-state index is 6.08. The van der Waals surface area contributed by atoms with E-state index in [1.807, 2.05) is 6.20 Å². The number of likely N-dealkylation sites (tertiary alicyclic amines) is 1. The molecule has 0 spiro atoms. The molecule has 3 aliphatic heterocycles. The summed E-state index contributed by atoms with van der Waals surface area (Å²) in [5.41, 5.74) is 1.33. The molecule has 23 heavy (non-hydrogen) atoms. The highest BCUT2D eigenvalue weighted by Gasteiger charge is 2.52. The zero-order chi connectivity index (χ0) is 15.2. The van der Waals surface area contributed by atoms with E-state index >= 15 is 0 Å². The van der Waals surface area contributed by atoms with Gasteiger partial charge in [0.25, 0.3) is 0 Å². The van der Waals surface area contributed by atoms with Crippen molar-refractivity contribution in [1.29, 1.82) is 0 Å². The van der Waals surface area contributed by atoms with Gasteiger partial charge in [-0.05, 0) is 18.4 Å². The van der Waals surface area contributed by atoms with Crippen LogP contribution in [0.2, 0.25) is 0 Å². The van der Waals surface area contributed by atoms with E-state index in [-0.39, 0.29) is 0 Å². The number of rotatable bonds is 4. The van der Waals surface area contributed by atoms with Crippen molar-refractivity contribution in [2.75, 3.05) is 13.1 Å². The number of hydrogen-bond acceptors (Lipinski definition) is 3. The molecule has 0 aliphatic carbocycles. The van der Waals surface area contributed by atoms with Crippen molar-refractivity contribution in [2.24, 2.45) is 11.8 Å². The Bertz CT molecular complexity index is 665. The summed E-state index contributed by atoms with van der Waals surface area (Å²) in [7, 11) is 0. The predicted octanol–water partition coefficient (Wildman–Crippen LogP) is 2.54. The molecule has 2 aromatic rings. The molecule has 4 heteroatoms. The van der Waals surface area contributed by atoms with Crippen LogP contribution < -0.4 is 0 Å². The Morgan fingerprint density at radius 2 is 1.74 bits per heavy atom. The van der Waals surface area contributed by atoms with Crippen molar-refractivity contribution in [3.8, 4) is 0 Å². The number of nitrogens with zero attached hydrogens (tertiary/aromatic N) is 3. The topological polar surface area (TPSA) is 30.3 Å². The van der Waals surface area contributed by atoms with Crippen molar-refractivity contribution in [2.45, 2.75) is 38.1 Å². The maximum absolute atomic E-state index is 6.08. The number of aromatic nitrogens is 2. The van der Waals surface area contributed by atoms with Gasteiger partial charge in [0.15, 0.2) is 0 Å². The molecule has 5 rings (SSSR count). The van der Waals surface area contributed by atoms with Gasteiger partial charge in [-0.15, -0.1) is 0 Å². The van der Waals surface area contributed by atoms with Crippen LogP contribution in [0.5, 0.6) is 0 Å². The molecule has 3 fully saturated rings. The first-order chi connectivity index (χ1) is 11.4. The first-order valence-electron chi connectivity index (χ1n) is 8.78. The quantitative estimate of drug-likeness (QED) is 0.869. The molecule has 4 heterocycles. The second-order valence-corrected chi connectivity index (χ2v) is 7.27. The molecular weight excluding hydrogens is 286 g/mol. The molecule has 0 N–H and O–H groups in total. The van der Waals surface area contributed by atoms with Crippen LogP contribution in [0.25, 0.3) is 0 Å². The summed E-state index contributed by atoms with van der Waals surface area (Å²) in [5, 5.41) is 0. The first kappa shape index (κ1) is 13.8. The summed E-state index contributed by atoms with van der Waals surface area (Å²) in [4.78, 5) is 7.20. The van der Waals surface area contributed by atoms with E-state index in [1.165, 1.54) is 37.3 Å². The normalized spacial score (nSPS) is 32.5. The maximum Gasteiger partial charge on any atom is 0.123 e. The average Bonchev–Trinajstić information content (AvgIpc) is 3.31. The van der Waals surface area contributed by atoms with Gasteiger partial charge < -0.3 is 9.30 Å². The molecule has 120 valence electrons. The molecule has 3 saturated heterocycles. The van der Waals surface area contributed by atoms with E-state index in [4.69, 9.17) is 4.74 Å². The SMILES string of the molecule is c1ccc(Cn2ccnc2CN2C[C@@H]3[C@@H](C2)[C@H]2CC[C@H]3O2)cc1. The molecule has 4 nitrogen and oxygen atoms in total. The number of fused-ring (bicyclic) bond motifs is 5. The van der Waals surface area contributed by atoms with Crippen molar-refractivity contribution in [1.82, 2.24) is 14.5 Å². The second-order valence-electron chi connectivity index (χ2n) is 7.27. The van der Waals surface area contributed by atoms with E-state index in [9.17, 15) is 0 Å². The smallest absolute Gasteiger partial charge is 0.123 e. The van der Waals surface area contributed by atoms with Crippen LogP contribution in [-0.2, 0) is 17.8 Å². The summed E-state index contributed by atoms with van der Waals surface area (Å²) < 4.78 is 8.36. The lowest BCUT2D eigenvalue weighted by Gasteiger charge is -2.18. The van der Waals surface area contributed by atoms with Crippen molar-refractivity contribution in [3.05, 3.63) is 54.1 Å². The standard InChI is InChI=1S/C19H23N3O/c1-2-4-14(5-3-1)10-22-9-8-20-19(22)13-21-11-15-16(12-21)18-7-6-17(15)23-18/h1-5,8-9,15-18H,6-7,10-13H2/t15-,16-,17-,18-/m1/s1. The van der Waals surface area contributed by atoms with Crippen LogP contribution in [0.15, 0.2) is 42.7 Å². The van der Waals surface area contributed by atoms with Crippen LogP contribution >= 0.6 is 0 Å². The Labute approximate surface area is 137 Å². The predicted molar refractivity (Wildman–Crippen MR) is 87.9 cm³/mol. The molecular formula is C19H23N3O. The molecule has 1 aromatic carbocycles.